The van der Waals surface area contributed by atoms with Gasteiger partial charge in [0.05, 0.1) is 13.2 Å². The highest BCUT2D eigenvalue weighted by Crippen LogP contribution is 2.20. The molecule has 1 aromatic heterocycles. The van der Waals surface area contributed by atoms with Gasteiger partial charge in [-0.1, -0.05) is 50.1 Å². The number of rotatable bonds is 9. The van der Waals surface area contributed by atoms with Crippen LogP contribution in [0.1, 0.15) is 59.0 Å². The van der Waals surface area contributed by atoms with Crippen molar-refractivity contribution in [3.05, 3.63) is 64.1 Å². The Balaban J connectivity index is 1.80. The van der Waals surface area contributed by atoms with E-state index in [4.69, 9.17) is 4.74 Å². The summed E-state index contributed by atoms with van der Waals surface area (Å²) in [6, 6.07) is 13.8. The summed E-state index contributed by atoms with van der Waals surface area (Å²) in [6.45, 7) is 5.27. The predicted octanol–water partition coefficient (Wildman–Crippen LogP) is 5.31. The zero-order valence-corrected chi connectivity index (χ0v) is 17.7. The van der Waals surface area contributed by atoms with E-state index in [2.05, 4.69) is 11.9 Å². The third kappa shape index (κ3) is 5.41. The molecule has 0 N–H and O–H groups in total. The van der Waals surface area contributed by atoms with Crippen LogP contribution in [0.15, 0.2) is 47.8 Å². The first-order chi connectivity index (χ1) is 14.1. The Morgan fingerprint density at radius 3 is 2.62 bits per heavy atom. The number of unbranched alkanes of at least 4 members (excludes halogenated alkanes) is 2. The molecule has 1 amide bonds. The van der Waals surface area contributed by atoms with Crippen molar-refractivity contribution in [3.63, 3.8) is 0 Å². The van der Waals surface area contributed by atoms with Crippen molar-refractivity contribution in [2.24, 2.45) is 0 Å². The Morgan fingerprint density at radius 2 is 1.86 bits per heavy atom. The van der Waals surface area contributed by atoms with Gasteiger partial charge in [0, 0.05) is 17.5 Å². The zero-order chi connectivity index (χ0) is 20.6. The number of nitrogens with zero attached hydrogens (tertiary/aromatic N) is 2. The Kier molecular flexibility index (Phi) is 7.36. The minimum atomic E-state index is -0.423. The smallest absolute Gasteiger partial charge is 0.357 e. The van der Waals surface area contributed by atoms with Crippen LogP contribution in [-0.4, -0.2) is 34.9 Å². The molecule has 1 heterocycles. The Bertz CT molecular complexity index is 983. The van der Waals surface area contributed by atoms with Gasteiger partial charge in [0.15, 0.2) is 5.69 Å². The molecule has 2 aromatic carbocycles. The molecule has 0 bridgehead atoms. The average Bonchev–Trinajstić information content (AvgIpc) is 3.21. The van der Waals surface area contributed by atoms with E-state index in [9.17, 15) is 9.59 Å². The summed E-state index contributed by atoms with van der Waals surface area (Å²) in [4.78, 5) is 31.3. The fraction of sp³-hybridized carbons (Fsp3) is 0.348. The number of benzene rings is 2. The third-order valence-corrected chi connectivity index (χ3v) is 5.51. The maximum atomic E-state index is 13.2. The van der Waals surface area contributed by atoms with Crippen LogP contribution in [0.2, 0.25) is 0 Å². The lowest BCUT2D eigenvalue weighted by atomic mass is 10.1. The molecule has 0 aliphatic heterocycles. The zero-order valence-electron chi connectivity index (χ0n) is 16.9. The van der Waals surface area contributed by atoms with Gasteiger partial charge >= 0.3 is 5.97 Å². The molecule has 0 saturated carbocycles. The second-order valence-corrected chi connectivity index (χ2v) is 7.79. The first kappa shape index (κ1) is 21.0. The van der Waals surface area contributed by atoms with Gasteiger partial charge in [-0.05, 0) is 36.2 Å². The van der Waals surface area contributed by atoms with Crippen molar-refractivity contribution in [2.75, 3.05) is 13.2 Å². The molecule has 0 aliphatic rings. The maximum absolute atomic E-state index is 13.2. The Hall–Kier alpha value is -2.73. The average molecular weight is 411 g/mol. The van der Waals surface area contributed by atoms with Crippen LogP contribution < -0.4 is 0 Å². The number of hydrogen-bond acceptors (Lipinski definition) is 5. The highest BCUT2D eigenvalue weighted by Gasteiger charge is 2.19. The van der Waals surface area contributed by atoms with E-state index in [0.717, 1.165) is 35.0 Å². The first-order valence-corrected chi connectivity index (χ1v) is 10.9. The highest BCUT2D eigenvalue weighted by molar-refractivity contribution is 7.09. The number of esters is 1. The summed E-state index contributed by atoms with van der Waals surface area (Å²) < 4.78 is 5.01. The minimum Gasteiger partial charge on any atom is -0.461 e. The SMILES string of the molecule is CCCCCN(Cc1nc(C(=O)OCC)cs1)C(=O)c1ccc2ccccc2c1. The first-order valence-electron chi connectivity index (χ1n) is 10.0. The molecule has 3 rings (SSSR count). The lowest BCUT2D eigenvalue weighted by Crippen LogP contribution is -2.31. The summed E-state index contributed by atoms with van der Waals surface area (Å²) in [6.07, 6.45) is 3.08. The number of aromatic nitrogens is 1. The largest absolute Gasteiger partial charge is 0.461 e. The van der Waals surface area contributed by atoms with E-state index in [0.29, 0.717) is 31.0 Å². The lowest BCUT2D eigenvalue weighted by Gasteiger charge is -2.22. The molecule has 0 unspecified atom stereocenters. The molecule has 29 heavy (non-hydrogen) atoms. The fourth-order valence-corrected chi connectivity index (χ4v) is 3.93. The lowest BCUT2D eigenvalue weighted by molar-refractivity contribution is 0.0520. The van der Waals surface area contributed by atoms with Crippen LogP contribution in [0.25, 0.3) is 10.8 Å². The molecule has 0 spiro atoms. The molecule has 0 aliphatic carbocycles. The summed E-state index contributed by atoms with van der Waals surface area (Å²) in [5.41, 5.74) is 0.973. The van der Waals surface area contributed by atoms with E-state index in [-0.39, 0.29) is 5.91 Å². The standard InChI is InChI=1S/C23H26N2O3S/c1-3-5-8-13-25(15-21-24-20(16-29-21)23(27)28-4-2)22(26)19-12-11-17-9-6-7-10-18(17)14-19/h6-7,9-12,14,16H,3-5,8,13,15H2,1-2H3. The maximum Gasteiger partial charge on any atom is 0.357 e. The second kappa shape index (κ2) is 10.2. The van der Waals surface area contributed by atoms with Crippen LogP contribution in [0.3, 0.4) is 0 Å². The second-order valence-electron chi connectivity index (χ2n) is 6.84. The van der Waals surface area contributed by atoms with E-state index in [1.807, 2.05) is 47.4 Å². The van der Waals surface area contributed by atoms with Gasteiger partial charge in [-0.15, -0.1) is 11.3 Å². The van der Waals surface area contributed by atoms with Crippen LogP contribution in [0.5, 0.6) is 0 Å². The Labute approximate surface area is 175 Å². The van der Waals surface area contributed by atoms with Gasteiger partial charge in [0.2, 0.25) is 0 Å². The van der Waals surface area contributed by atoms with Crippen LogP contribution in [0, 0.1) is 0 Å². The monoisotopic (exact) mass is 410 g/mol. The number of ether oxygens (including phenoxy) is 1. The molecule has 6 heteroatoms. The predicted molar refractivity (Wildman–Crippen MR) is 116 cm³/mol. The number of carbonyl (C=O) groups is 2. The number of fused-ring (bicyclic) bond motifs is 1. The molecule has 0 saturated heterocycles. The van der Waals surface area contributed by atoms with Crippen molar-refractivity contribution in [2.45, 2.75) is 39.7 Å². The van der Waals surface area contributed by atoms with Gasteiger partial charge in [0.25, 0.3) is 5.91 Å². The number of thiazole rings is 1. The number of carbonyl (C=O) groups excluding carboxylic acids is 2. The van der Waals surface area contributed by atoms with Crippen LogP contribution >= 0.6 is 11.3 Å². The van der Waals surface area contributed by atoms with Crippen LogP contribution in [0.4, 0.5) is 0 Å². The molecule has 3 aromatic rings. The fourth-order valence-electron chi connectivity index (χ4n) is 3.16. The van der Waals surface area contributed by atoms with Crippen molar-refractivity contribution < 1.29 is 14.3 Å². The van der Waals surface area contributed by atoms with Gasteiger partial charge in [-0.3, -0.25) is 4.79 Å². The summed E-state index contributed by atoms with van der Waals surface area (Å²) in [5.74, 6) is -0.437. The number of hydrogen-bond donors (Lipinski definition) is 0. The molecule has 5 nitrogen and oxygen atoms in total. The van der Waals surface area contributed by atoms with E-state index in [1.54, 1.807) is 12.3 Å². The van der Waals surface area contributed by atoms with Crippen molar-refractivity contribution in [3.8, 4) is 0 Å². The number of amides is 1. The topological polar surface area (TPSA) is 59.5 Å². The van der Waals surface area contributed by atoms with Gasteiger partial charge in [-0.25, -0.2) is 9.78 Å². The van der Waals surface area contributed by atoms with E-state index < -0.39 is 5.97 Å². The molecule has 0 fully saturated rings. The summed E-state index contributed by atoms with van der Waals surface area (Å²) >= 11 is 1.38. The van der Waals surface area contributed by atoms with Gasteiger partial charge < -0.3 is 9.64 Å². The molecule has 152 valence electrons. The van der Waals surface area contributed by atoms with E-state index >= 15 is 0 Å². The highest BCUT2D eigenvalue weighted by atomic mass is 32.1. The minimum absolute atomic E-state index is 0.0141. The van der Waals surface area contributed by atoms with E-state index in [1.165, 1.54) is 11.3 Å². The van der Waals surface area contributed by atoms with Gasteiger partial charge in [-0.2, -0.15) is 0 Å². The Morgan fingerprint density at radius 1 is 1.07 bits per heavy atom. The van der Waals surface area contributed by atoms with Crippen LogP contribution in [-0.2, 0) is 11.3 Å². The molecular weight excluding hydrogens is 384 g/mol. The molecule has 0 atom stereocenters. The normalized spacial score (nSPS) is 10.8. The van der Waals surface area contributed by atoms with Gasteiger partial charge in [0.1, 0.15) is 5.01 Å². The third-order valence-electron chi connectivity index (χ3n) is 4.68. The summed E-state index contributed by atoms with van der Waals surface area (Å²) in [7, 11) is 0. The summed E-state index contributed by atoms with van der Waals surface area (Å²) in [5, 5.41) is 4.59. The van der Waals surface area contributed by atoms with Crippen molar-refractivity contribution in [1.29, 1.82) is 0 Å². The van der Waals surface area contributed by atoms with Crippen molar-refractivity contribution in [1.82, 2.24) is 9.88 Å². The molecule has 0 radical (unpaired) electrons. The quantitative estimate of drug-likeness (QED) is 0.354. The molecular formula is C23H26N2O3S. The van der Waals surface area contributed by atoms with Crippen molar-refractivity contribution >= 4 is 34.0 Å².